The summed E-state index contributed by atoms with van der Waals surface area (Å²) in [6, 6.07) is 7.48. The number of benzene rings is 1. The van der Waals surface area contributed by atoms with Crippen LogP contribution < -0.4 is 5.32 Å². The second kappa shape index (κ2) is 5.98. The number of methoxy groups -OCH3 is 1. The van der Waals surface area contributed by atoms with Gasteiger partial charge in [-0.25, -0.2) is 0 Å². The van der Waals surface area contributed by atoms with Gasteiger partial charge in [0.25, 0.3) is 5.91 Å². The minimum Gasteiger partial charge on any atom is -0.383 e. The van der Waals surface area contributed by atoms with Crippen LogP contribution in [0.5, 0.6) is 0 Å². The monoisotopic (exact) mass is 305 g/mol. The van der Waals surface area contributed by atoms with Crippen molar-refractivity contribution in [1.29, 1.82) is 0 Å². The van der Waals surface area contributed by atoms with Gasteiger partial charge in [-0.15, -0.1) is 0 Å². The van der Waals surface area contributed by atoms with E-state index in [1.165, 1.54) is 0 Å². The third-order valence-electron chi connectivity index (χ3n) is 1.71. The zero-order chi connectivity index (χ0) is 10.4. The van der Waals surface area contributed by atoms with Gasteiger partial charge in [0.1, 0.15) is 0 Å². The van der Waals surface area contributed by atoms with Gasteiger partial charge in [-0.2, -0.15) is 0 Å². The molecule has 0 fully saturated rings. The number of rotatable bonds is 4. The summed E-state index contributed by atoms with van der Waals surface area (Å²) in [5, 5.41) is 2.77. The Bertz CT molecular complexity index is 315. The predicted octanol–water partition coefficient (Wildman–Crippen LogP) is 1.67. The maximum absolute atomic E-state index is 11.6. The Morgan fingerprint density at radius 1 is 1.50 bits per heavy atom. The molecule has 3 nitrogen and oxygen atoms in total. The molecular formula is C10H12INO2. The molecule has 14 heavy (non-hydrogen) atoms. The summed E-state index contributed by atoms with van der Waals surface area (Å²) in [6.45, 7) is 1.08. The van der Waals surface area contributed by atoms with Gasteiger partial charge < -0.3 is 10.1 Å². The molecule has 1 aromatic rings. The normalized spacial score (nSPS) is 9.86. The SMILES string of the molecule is COCCNC(=O)c1ccccc1I. The number of ether oxygens (including phenoxy) is 1. The van der Waals surface area contributed by atoms with E-state index < -0.39 is 0 Å². The number of hydrogen-bond acceptors (Lipinski definition) is 2. The molecule has 0 unspecified atom stereocenters. The van der Waals surface area contributed by atoms with E-state index in [0.29, 0.717) is 18.7 Å². The molecule has 0 heterocycles. The fraction of sp³-hybridized carbons (Fsp3) is 0.300. The molecule has 0 spiro atoms. The lowest BCUT2D eigenvalue weighted by atomic mass is 10.2. The van der Waals surface area contributed by atoms with Crippen molar-refractivity contribution in [2.75, 3.05) is 20.3 Å². The molecule has 0 atom stereocenters. The van der Waals surface area contributed by atoms with Crippen LogP contribution >= 0.6 is 22.6 Å². The summed E-state index contributed by atoms with van der Waals surface area (Å²) in [6.07, 6.45) is 0. The minimum atomic E-state index is -0.0490. The first-order valence-corrected chi connectivity index (χ1v) is 5.35. The summed E-state index contributed by atoms with van der Waals surface area (Å²) < 4.78 is 5.80. The van der Waals surface area contributed by atoms with E-state index in [1.54, 1.807) is 7.11 Å². The van der Waals surface area contributed by atoms with Crippen LogP contribution in [0.25, 0.3) is 0 Å². The van der Waals surface area contributed by atoms with Crippen LogP contribution in [0.1, 0.15) is 10.4 Å². The Kier molecular flexibility index (Phi) is 4.89. The van der Waals surface area contributed by atoms with Gasteiger partial charge in [-0.1, -0.05) is 12.1 Å². The third-order valence-corrected chi connectivity index (χ3v) is 2.65. The van der Waals surface area contributed by atoms with Crippen molar-refractivity contribution in [3.8, 4) is 0 Å². The van der Waals surface area contributed by atoms with E-state index in [1.807, 2.05) is 24.3 Å². The van der Waals surface area contributed by atoms with E-state index in [0.717, 1.165) is 3.57 Å². The maximum atomic E-state index is 11.6. The highest BCUT2D eigenvalue weighted by atomic mass is 127. The largest absolute Gasteiger partial charge is 0.383 e. The van der Waals surface area contributed by atoms with E-state index in [4.69, 9.17) is 4.74 Å². The van der Waals surface area contributed by atoms with Crippen molar-refractivity contribution in [1.82, 2.24) is 5.32 Å². The average molecular weight is 305 g/mol. The molecule has 76 valence electrons. The quantitative estimate of drug-likeness (QED) is 0.679. The van der Waals surface area contributed by atoms with Crippen LogP contribution in [-0.4, -0.2) is 26.2 Å². The Hall–Kier alpha value is -0.620. The van der Waals surface area contributed by atoms with Gasteiger partial charge >= 0.3 is 0 Å². The first-order valence-electron chi connectivity index (χ1n) is 4.27. The summed E-state index contributed by atoms with van der Waals surface area (Å²) in [7, 11) is 1.61. The first kappa shape index (κ1) is 11.5. The van der Waals surface area contributed by atoms with E-state index >= 15 is 0 Å². The zero-order valence-corrected chi connectivity index (χ0v) is 10.1. The summed E-state index contributed by atoms with van der Waals surface area (Å²) in [5.41, 5.74) is 0.712. The molecule has 0 saturated carbocycles. The van der Waals surface area contributed by atoms with Crippen molar-refractivity contribution in [2.24, 2.45) is 0 Å². The van der Waals surface area contributed by atoms with Crippen LogP contribution in [0.15, 0.2) is 24.3 Å². The van der Waals surface area contributed by atoms with Crippen LogP contribution in [0.4, 0.5) is 0 Å². The van der Waals surface area contributed by atoms with E-state index in [2.05, 4.69) is 27.9 Å². The third kappa shape index (κ3) is 3.26. The molecule has 0 radical (unpaired) electrons. The van der Waals surface area contributed by atoms with Crippen LogP contribution in [0, 0.1) is 3.57 Å². The summed E-state index contributed by atoms with van der Waals surface area (Å²) in [4.78, 5) is 11.6. The second-order valence-electron chi connectivity index (χ2n) is 2.73. The highest BCUT2D eigenvalue weighted by Crippen LogP contribution is 2.10. The van der Waals surface area contributed by atoms with Crippen molar-refractivity contribution in [3.63, 3.8) is 0 Å². The lowest BCUT2D eigenvalue weighted by molar-refractivity contribution is 0.0936. The molecule has 0 aromatic heterocycles. The van der Waals surface area contributed by atoms with Crippen molar-refractivity contribution in [3.05, 3.63) is 33.4 Å². The van der Waals surface area contributed by atoms with Gasteiger partial charge in [-0.3, -0.25) is 4.79 Å². The Labute approximate surface area is 97.0 Å². The Balaban J connectivity index is 2.56. The maximum Gasteiger partial charge on any atom is 0.252 e. The molecule has 0 aliphatic rings. The van der Waals surface area contributed by atoms with Crippen LogP contribution in [-0.2, 0) is 4.74 Å². The molecule has 0 saturated heterocycles. The Morgan fingerprint density at radius 2 is 2.21 bits per heavy atom. The molecular weight excluding hydrogens is 293 g/mol. The van der Waals surface area contributed by atoms with E-state index in [9.17, 15) is 4.79 Å². The van der Waals surface area contributed by atoms with Crippen molar-refractivity contribution >= 4 is 28.5 Å². The second-order valence-corrected chi connectivity index (χ2v) is 3.89. The number of carbonyl (C=O) groups is 1. The smallest absolute Gasteiger partial charge is 0.252 e. The lowest BCUT2D eigenvalue weighted by Gasteiger charge is -2.05. The van der Waals surface area contributed by atoms with Crippen LogP contribution in [0.3, 0.4) is 0 Å². The number of halogens is 1. The summed E-state index contributed by atoms with van der Waals surface area (Å²) in [5.74, 6) is -0.0490. The number of carbonyl (C=O) groups excluding carboxylic acids is 1. The zero-order valence-electron chi connectivity index (χ0n) is 7.92. The molecule has 0 aliphatic heterocycles. The van der Waals surface area contributed by atoms with Crippen LogP contribution in [0.2, 0.25) is 0 Å². The minimum absolute atomic E-state index is 0.0490. The van der Waals surface area contributed by atoms with Crippen molar-refractivity contribution < 1.29 is 9.53 Å². The molecule has 0 aliphatic carbocycles. The molecule has 1 rings (SSSR count). The van der Waals surface area contributed by atoms with E-state index in [-0.39, 0.29) is 5.91 Å². The van der Waals surface area contributed by atoms with Crippen molar-refractivity contribution in [2.45, 2.75) is 0 Å². The fourth-order valence-electron chi connectivity index (χ4n) is 1.01. The summed E-state index contributed by atoms with van der Waals surface area (Å²) >= 11 is 2.14. The Morgan fingerprint density at radius 3 is 2.86 bits per heavy atom. The molecule has 1 aromatic carbocycles. The molecule has 1 amide bonds. The van der Waals surface area contributed by atoms with Gasteiger partial charge in [0.05, 0.1) is 12.2 Å². The van der Waals surface area contributed by atoms with Gasteiger partial charge in [0.15, 0.2) is 0 Å². The predicted molar refractivity (Wildman–Crippen MR) is 63.4 cm³/mol. The number of amides is 1. The highest BCUT2D eigenvalue weighted by molar-refractivity contribution is 14.1. The van der Waals surface area contributed by atoms with Gasteiger partial charge in [0.2, 0.25) is 0 Å². The fourth-order valence-corrected chi connectivity index (χ4v) is 1.64. The van der Waals surface area contributed by atoms with Gasteiger partial charge in [-0.05, 0) is 34.7 Å². The number of nitrogens with one attached hydrogen (secondary N) is 1. The molecule has 0 bridgehead atoms. The topological polar surface area (TPSA) is 38.3 Å². The lowest BCUT2D eigenvalue weighted by Crippen LogP contribution is -2.27. The number of hydrogen-bond donors (Lipinski definition) is 1. The molecule has 4 heteroatoms. The average Bonchev–Trinajstić information content (AvgIpc) is 2.18. The highest BCUT2D eigenvalue weighted by Gasteiger charge is 2.07. The first-order chi connectivity index (χ1) is 6.75. The van der Waals surface area contributed by atoms with Gasteiger partial charge in [0, 0.05) is 17.2 Å². The standard InChI is InChI=1S/C10H12INO2/c1-14-7-6-12-10(13)8-4-2-3-5-9(8)11/h2-5H,6-7H2,1H3,(H,12,13). The molecule has 1 N–H and O–H groups in total.